The standard InChI is InChI=1S/C16H19NO/c1-11(2)13-7-5-8-14(10-13)18-16-12(3)6-4-9-15(16)17/h4-11H,17H2,1-3H3. The Morgan fingerprint density at radius 1 is 1.06 bits per heavy atom. The lowest BCUT2D eigenvalue weighted by Crippen LogP contribution is -1.95. The molecule has 0 atom stereocenters. The predicted molar refractivity (Wildman–Crippen MR) is 76.2 cm³/mol. The highest BCUT2D eigenvalue weighted by atomic mass is 16.5. The lowest BCUT2D eigenvalue weighted by molar-refractivity contribution is 0.480. The number of anilines is 1. The maximum Gasteiger partial charge on any atom is 0.153 e. The van der Waals surface area contributed by atoms with Crippen LogP contribution in [0, 0.1) is 6.92 Å². The SMILES string of the molecule is Cc1cccc(N)c1Oc1cccc(C(C)C)c1. The number of nitrogens with two attached hydrogens (primary N) is 1. The lowest BCUT2D eigenvalue weighted by Gasteiger charge is -2.13. The zero-order chi connectivity index (χ0) is 13.1. The Morgan fingerprint density at radius 3 is 2.44 bits per heavy atom. The van der Waals surface area contributed by atoms with Gasteiger partial charge in [0.15, 0.2) is 5.75 Å². The molecule has 0 saturated heterocycles. The van der Waals surface area contributed by atoms with Gasteiger partial charge in [-0.05, 0) is 42.2 Å². The minimum atomic E-state index is 0.489. The summed E-state index contributed by atoms with van der Waals surface area (Å²) in [6.07, 6.45) is 0. The van der Waals surface area contributed by atoms with Crippen molar-refractivity contribution in [3.05, 3.63) is 53.6 Å². The van der Waals surface area contributed by atoms with Crippen molar-refractivity contribution in [2.75, 3.05) is 5.73 Å². The molecule has 0 amide bonds. The Balaban J connectivity index is 2.31. The van der Waals surface area contributed by atoms with Gasteiger partial charge in [-0.15, -0.1) is 0 Å². The zero-order valence-corrected chi connectivity index (χ0v) is 11.1. The van der Waals surface area contributed by atoms with Crippen molar-refractivity contribution >= 4 is 5.69 Å². The summed E-state index contributed by atoms with van der Waals surface area (Å²) in [5.41, 5.74) is 8.92. The van der Waals surface area contributed by atoms with E-state index in [1.54, 1.807) is 0 Å². The summed E-state index contributed by atoms with van der Waals surface area (Å²) in [4.78, 5) is 0. The van der Waals surface area contributed by atoms with Crippen LogP contribution in [0.4, 0.5) is 5.69 Å². The first-order valence-corrected chi connectivity index (χ1v) is 6.21. The molecule has 2 N–H and O–H groups in total. The molecule has 0 spiro atoms. The molecule has 0 fully saturated rings. The van der Waals surface area contributed by atoms with Gasteiger partial charge in [-0.2, -0.15) is 0 Å². The fraction of sp³-hybridized carbons (Fsp3) is 0.250. The van der Waals surface area contributed by atoms with Crippen molar-refractivity contribution in [2.45, 2.75) is 26.7 Å². The first kappa shape index (κ1) is 12.5. The molecular weight excluding hydrogens is 222 g/mol. The second-order valence-corrected chi connectivity index (χ2v) is 4.82. The van der Waals surface area contributed by atoms with Gasteiger partial charge in [0.25, 0.3) is 0 Å². The predicted octanol–water partition coefficient (Wildman–Crippen LogP) is 4.49. The molecule has 0 unspecified atom stereocenters. The number of para-hydroxylation sites is 1. The average molecular weight is 241 g/mol. The van der Waals surface area contributed by atoms with Gasteiger partial charge in [0.1, 0.15) is 5.75 Å². The molecule has 0 heterocycles. The minimum Gasteiger partial charge on any atom is -0.455 e. The van der Waals surface area contributed by atoms with Crippen molar-refractivity contribution in [1.29, 1.82) is 0 Å². The second kappa shape index (κ2) is 5.13. The van der Waals surface area contributed by atoms with Crippen LogP contribution in [0.5, 0.6) is 11.5 Å². The Hall–Kier alpha value is -1.96. The van der Waals surface area contributed by atoms with E-state index in [4.69, 9.17) is 10.5 Å². The van der Waals surface area contributed by atoms with Gasteiger partial charge >= 0.3 is 0 Å². The van der Waals surface area contributed by atoms with Crippen molar-refractivity contribution in [3.8, 4) is 11.5 Å². The molecule has 0 aromatic heterocycles. The highest BCUT2D eigenvalue weighted by Gasteiger charge is 2.07. The Kier molecular flexibility index (Phi) is 3.56. The van der Waals surface area contributed by atoms with Crippen LogP contribution in [0.25, 0.3) is 0 Å². The van der Waals surface area contributed by atoms with Crippen LogP contribution in [0.3, 0.4) is 0 Å². The van der Waals surface area contributed by atoms with Crippen LogP contribution < -0.4 is 10.5 Å². The number of ether oxygens (including phenoxy) is 1. The van der Waals surface area contributed by atoms with Crippen LogP contribution in [0.15, 0.2) is 42.5 Å². The van der Waals surface area contributed by atoms with Gasteiger partial charge in [0.05, 0.1) is 5.69 Å². The molecule has 2 aromatic carbocycles. The summed E-state index contributed by atoms with van der Waals surface area (Å²) >= 11 is 0. The number of hydrogen-bond donors (Lipinski definition) is 1. The largest absolute Gasteiger partial charge is 0.455 e. The highest BCUT2D eigenvalue weighted by molar-refractivity contribution is 5.57. The first-order valence-electron chi connectivity index (χ1n) is 6.21. The highest BCUT2D eigenvalue weighted by Crippen LogP contribution is 2.31. The van der Waals surface area contributed by atoms with Crippen LogP contribution in [0.2, 0.25) is 0 Å². The number of nitrogen functional groups attached to an aromatic ring is 1. The van der Waals surface area contributed by atoms with Crippen LogP contribution >= 0.6 is 0 Å². The molecule has 0 aliphatic rings. The normalized spacial score (nSPS) is 10.7. The number of hydrogen-bond acceptors (Lipinski definition) is 2. The van der Waals surface area contributed by atoms with E-state index in [-0.39, 0.29) is 0 Å². The van der Waals surface area contributed by atoms with Crippen LogP contribution in [0.1, 0.15) is 30.9 Å². The van der Waals surface area contributed by atoms with E-state index in [1.165, 1.54) is 5.56 Å². The minimum absolute atomic E-state index is 0.489. The third-order valence-electron chi connectivity index (χ3n) is 2.99. The molecule has 2 heteroatoms. The van der Waals surface area contributed by atoms with E-state index in [1.807, 2.05) is 37.3 Å². The third kappa shape index (κ3) is 2.65. The van der Waals surface area contributed by atoms with Crippen molar-refractivity contribution in [2.24, 2.45) is 0 Å². The van der Waals surface area contributed by atoms with Gasteiger partial charge in [0.2, 0.25) is 0 Å². The van der Waals surface area contributed by atoms with E-state index in [2.05, 4.69) is 26.0 Å². The van der Waals surface area contributed by atoms with Gasteiger partial charge in [-0.25, -0.2) is 0 Å². The van der Waals surface area contributed by atoms with Gasteiger partial charge < -0.3 is 10.5 Å². The molecule has 94 valence electrons. The third-order valence-corrected chi connectivity index (χ3v) is 2.99. The monoisotopic (exact) mass is 241 g/mol. The fourth-order valence-corrected chi connectivity index (χ4v) is 1.87. The smallest absolute Gasteiger partial charge is 0.153 e. The van der Waals surface area contributed by atoms with Crippen LogP contribution in [-0.4, -0.2) is 0 Å². The van der Waals surface area contributed by atoms with E-state index in [9.17, 15) is 0 Å². The van der Waals surface area contributed by atoms with Crippen molar-refractivity contribution < 1.29 is 4.74 Å². The molecule has 0 radical (unpaired) electrons. The Labute approximate surface area is 108 Å². The van der Waals surface area contributed by atoms with Gasteiger partial charge in [-0.3, -0.25) is 0 Å². The lowest BCUT2D eigenvalue weighted by atomic mass is 10.0. The quantitative estimate of drug-likeness (QED) is 0.803. The van der Waals surface area contributed by atoms with Gasteiger partial charge in [-0.1, -0.05) is 38.1 Å². The van der Waals surface area contributed by atoms with E-state index in [0.717, 1.165) is 17.1 Å². The maximum atomic E-state index is 5.94. The average Bonchev–Trinajstić information content (AvgIpc) is 2.34. The molecule has 0 bridgehead atoms. The number of benzene rings is 2. The molecule has 2 rings (SSSR count). The summed E-state index contributed by atoms with van der Waals surface area (Å²) in [6, 6.07) is 13.9. The first-order chi connectivity index (χ1) is 8.58. The Morgan fingerprint density at radius 2 is 1.78 bits per heavy atom. The van der Waals surface area contributed by atoms with E-state index < -0.39 is 0 Å². The molecular formula is C16H19NO. The summed E-state index contributed by atoms with van der Waals surface area (Å²) in [6.45, 7) is 6.33. The molecule has 0 aliphatic carbocycles. The van der Waals surface area contributed by atoms with Gasteiger partial charge in [0, 0.05) is 0 Å². The molecule has 2 aromatic rings. The fourth-order valence-electron chi connectivity index (χ4n) is 1.87. The van der Waals surface area contributed by atoms with E-state index >= 15 is 0 Å². The molecule has 18 heavy (non-hydrogen) atoms. The summed E-state index contributed by atoms with van der Waals surface area (Å²) in [5.74, 6) is 2.07. The molecule has 0 saturated carbocycles. The maximum absolute atomic E-state index is 5.94. The van der Waals surface area contributed by atoms with Crippen molar-refractivity contribution in [1.82, 2.24) is 0 Å². The summed E-state index contributed by atoms with van der Waals surface area (Å²) in [7, 11) is 0. The summed E-state index contributed by atoms with van der Waals surface area (Å²) in [5, 5.41) is 0. The molecule has 0 aliphatic heterocycles. The Bertz CT molecular complexity index is 526. The van der Waals surface area contributed by atoms with Crippen LogP contribution in [-0.2, 0) is 0 Å². The topological polar surface area (TPSA) is 35.2 Å². The van der Waals surface area contributed by atoms with Crippen molar-refractivity contribution in [3.63, 3.8) is 0 Å². The molecule has 2 nitrogen and oxygen atoms in total. The number of aryl methyl sites for hydroxylation is 1. The van der Waals surface area contributed by atoms with E-state index in [0.29, 0.717) is 11.6 Å². The summed E-state index contributed by atoms with van der Waals surface area (Å²) < 4.78 is 5.91. The second-order valence-electron chi connectivity index (χ2n) is 4.82. The zero-order valence-electron chi connectivity index (χ0n) is 11.1. The number of rotatable bonds is 3.